The Labute approximate surface area is 219 Å². The van der Waals surface area contributed by atoms with Crippen molar-refractivity contribution in [3.8, 4) is 11.3 Å². The molecule has 0 N–H and O–H groups in total. The van der Waals surface area contributed by atoms with Gasteiger partial charge in [-0.25, -0.2) is 4.79 Å². The van der Waals surface area contributed by atoms with Crippen molar-refractivity contribution in [2.75, 3.05) is 28.4 Å². The summed E-state index contributed by atoms with van der Waals surface area (Å²) in [6, 6.07) is 14.3. The third-order valence-corrected chi connectivity index (χ3v) is 6.73. The lowest BCUT2D eigenvalue weighted by Gasteiger charge is -2.33. The number of benzene rings is 2. The molecule has 4 rings (SSSR count). The molecule has 1 aliphatic heterocycles. The zero-order valence-electron chi connectivity index (χ0n) is 22.1. The highest BCUT2D eigenvalue weighted by atomic mass is 16.7. The third-order valence-electron chi connectivity index (χ3n) is 6.73. The molecule has 0 spiro atoms. The highest BCUT2D eigenvalue weighted by molar-refractivity contribution is 6.07. The Kier molecular flexibility index (Phi) is 7.89. The average molecular weight is 520 g/mol. The van der Waals surface area contributed by atoms with Crippen LogP contribution >= 0.6 is 0 Å². The maximum atomic E-state index is 13.5. The Balaban J connectivity index is 2.12. The zero-order valence-corrected chi connectivity index (χ0v) is 22.1. The number of ether oxygens (including phenoxy) is 4. The number of carbonyl (C=O) groups is 2. The van der Waals surface area contributed by atoms with Crippen LogP contribution in [0.15, 0.2) is 74.0 Å². The first-order valence-electron chi connectivity index (χ1n) is 11.9. The van der Waals surface area contributed by atoms with Crippen molar-refractivity contribution < 1.29 is 33.0 Å². The average Bonchev–Trinajstić information content (AvgIpc) is 2.94. The van der Waals surface area contributed by atoms with E-state index >= 15 is 0 Å². The van der Waals surface area contributed by atoms with Gasteiger partial charge >= 0.3 is 11.9 Å². The van der Waals surface area contributed by atoms with Crippen molar-refractivity contribution in [3.63, 3.8) is 0 Å². The van der Waals surface area contributed by atoms with Crippen LogP contribution < -0.4 is 5.43 Å². The molecule has 1 aromatic heterocycles. The van der Waals surface area contributed by atoms with Crippen LogP contribution in [-0.4, -0.2) is 52.4 Å². The molecule has 2 atom stereocenters. The molecule has 198 valence electrons. The lowest BCUT2D eigenvalue weighted by Crippen LogP contribution is -2.38. The van der Waals surface area contributed by atoms with E-state index in [9.17, 15) is 14.4 Å². The molecule has 38 heavy (non-hydrogen) atoms. The molecule has 0 saturated carbocycles. The quantitative estimate of drug-likeness (QED) is 0.338. The van der Waals surface area contributed by atoms with Gasteiger partial charge < -0.3 is 23.4 Å². The molecular weight excluding hydrogens is 490 g/mol. The van der Waals surface area contributed by atoms with Gasteiger partial charge in [-0.15, -0.1) is 0 Å². The fourth-order valence-corrected chi connectivity index (χ4v) is 4.94. The second-order valence-corrected chi connectivity index (χ2v) is 8.80. The normalized spacial score (nSPS) is 17.5. The van der Waals surface area contributed by atoms with Crippen molar-refractivity contribution in [1.82, 2.24) is 0 Å². The van der Waals surface area contributed by atoms with Gasteiger partial charge in [-0.1, -0.05) is 42.5 Å². The van der Waals surface area contributed by atoms with Crippen molar-refractivity contribution in [2.45, 2.75) is 26.1 Å². The van der Waals surface area contributed by atoms with Crippen LogP contribution in [0.5, 0.6) is 0 Å². The van der Waals surface area contributed by atoms with E-state index in [-0.39, 0.29) is 22.3 Å². The predicted octanol–water partition coefficient (Wildman–Crippen LogP) is 4.16. The minimum Gasteiger partial charge on any atom is -0.468 e. The van der Waals surface area contributed by atoms with Crippen LogP contribution in [0.25, 0.3) is 22.3 Å². The molecule has 0 radical (unpaired) electrons. The largest absolute Gasteiger partial charge is 0.468 e. The van der Waals surface area contributed by atoms with Crippen LogP contribution in [0, 0.1) is 12.8 Å². The number of carbonyl (C=O) groups excluding carboxylic acids is 2. The molecule has 0 bridgehead atoms. The summed E-state index contributed by atoms with van der Waals surface area (Å²) < 4.78 is 27.5. The van der Waals surface area contributed by atoms with Gasteiger partial charge in [0.05, 0.1) is 25.2 Å². The summed E-state index contributed by atoms with van der Waals surface area (Å²) in [5.74, 6) is -2.94. The first-order chi connectivity index (χ1) is 18.3. The maximum Gasteiger partial charge on any atom is 0.336 e. The van der Waals surface area contributed by atoms with E-state index in [0.717, 1.165) is 0 Å². The number of fused-ring (bicyclic) bond motifs is 1. The Morgan fingerprint density at radius 2 is 1.61 bits per heavy atom. The van der Waals surface area contributed by atoms with Gasteiger partial charge in [0.25, 0.3) is 0 Å². The van der Waals surface area contributed by atoms with Gasteiger partial charge in [0, 0.05) is 42.5 Å². The van der Waals surface area contributed by atoms with Crippen LogP contribution in [0.2, 0.25) is 0 Å². The topological polar surface area (TPSA) is 114 Å². The number of rotatable bonds is 7. The fourth-order valence-electron chi connectivity index (χ4n) is 4.94. The van der Waals surface area contributed by atoms with Crippen LogP contribution in [0.1, 0.15) is 24.0 Å². The van der Waals surface area contributed by atoms with Gasteiger partial charge in [0.15, 0.2) is 5.43 Å². The Bertz CT molecular complexity index is 1500. The maximum absolute atomic E-state index is 13.5. The third kappa shape index (κ3) is 4.55. The number of methoxy groups -OCH3 is 4. The monoisotopic (exact) mass is 519 g/mol. The highest BCUT2D eigenvalue weighted by Gasteiger charge is 2.45. The summed E-state index contributed by atoms with van der Waals surface area (Å²) in [6.45, 7) is 3.36. The first kappa shape index (κ1) is 27.0. The van der Waals surface area contributed by atoms with E-state index < -0.39 is 30.1 Å². The van der Waals surface area contributed by atoms with Gasteiger partial charge in [0.1, 0.15) is 23.0 Å². The van der Waals surface area contributed by atoms with E-state index in [1.165, 1.54) is 28.4 Å². The fraction of sp³-hybridized carbons (Fsp3) is 0.310. The molecular formula is C29H29NO8. The van der Waals surface area contributed by atoms with Crippen LogP contribution in [0.4, 0.5) is 0 Å². The van der Waals surface area contributed by atoms with Crippen LogP contribution in [0.3, 0.4) is 0 Å². The van der Waals surface area contributed by atoms with Gasteiger partial charge in [-0.3, -0.25) is 14.6 Å². The summed E-state index contributed by atoms with van der Waals surface area (Å²) >= 11 is 0. The minimum atomic E-state index is -1.02. The van der Waals surface area contributed by atoms with Crippen LogP contribution in [-0.2, 0) is 28.5 Å². The molecule has 0 saturated heterocycles. The second-order valence-electron chi connectivity index (χ2n) is 8.80. The van der Waals surface area contributed by atoms with Gasteiger partial charge in [-0.2, -0.15) is 0 Å². The molecule has 9 nitrogen and oxygen atoms in total. The number of nitrogens with zero attached hydrogens (tertiary/aromatic N) is 1. The second kappa shape index (κ2) is 11.1. The molecule has 2 heterocycles. The smallest absolute Gasteiger partial charge is 0.336 e. The summed E-state index contributed by atoms with van der Waals surface area (Å²) in [6.07, 6.45) is -1.02. The number of hydrogen-bond acceptors (Lipinski definition) is 9. The van der Waals surface area contributed by atoms with Crippen molar-refractivity contribution in [2.24, 2.45) is 10.9 Å². The lowest BCUT2D eigenvalue weighted by molar-refractivity contribution is -0.144. The molecule has 0 amide bonds. The summed E-state index contributed by atoms with van der Waals surface area (Å²) in [5, 5.41) is 0.310. The Morgan fingerprint density at radius 1 is 0.921 bits per heavy atom. The Morgan fingerprint density at radius 3 is 2.21 bits per heavy atom. The molecule has 1 aliphatic rings. The van der Waals surface area contributed by atoms with E-state index in [2.05, 4.69) is 4.99 Å². The van der Waals surface area contributed by atoms with Gasteiger partial charge in [0.2, 0.25) is 6.29 Å². The van der Waals surface area contributed by atoms with E-state index in [1.54, 1.807) is 32.0 Å². The summed E-state index contributed by atoms with van der Waals surface area (Å²) in [7, 11) is 5.32. The summed E-state index contributed by atoms with van der Waals surface area (Å²) in [5.41, 5.74) is 2.16. The number of hydrogen-bond donors (Lipinski definition) is 0. The van der Waals surface area contributed by atoms with E-state index in [4.69, 9.17) is 23.4 Å². The number of esters is 2. The first-order valence-corrected chi connectivity index (χ1v) is 11.9. The van der Waals surface area contributed by atoms with Gasteiger partial charge in [-0.05, 0) is 19.9 Å². The number of aliphatic imine (C=N–C) groups is 1. The molecule has 0 fully saturated rings. The van der Waals surface area contributed by atoms with Crippen molar-refractivity contribution in [3.05, 3.63) is 81.2 Å². The van der Waals surface area contributed by atoms with E-state index in [0.29, 0.717) is 33.5 Å². The summed E-state index contributed by atoms with van der Waals surface area (Å²) in [4.78, 5) is 44.5. The molecule has 3 aromatic rings. The molecule has 2 aromatic carbocycles. The molecule has 2 unspecified atom stereocenters. The van der Waals surface area contributed by atoms with Crippen molar-refractivity contribution >= 4 is 28.6 Å². The lowest BCUT2D eigenvalue weighted by atomic mass is 9.75. The highest BCUT2D eigenvalue weighted by Crippen LogP contribution is 2.44. The molecule has 0 aliphatic carbocycles. The van der Waals surface area contributed by atoms with E-state index in [1.807, 2.05) is 30.3 Å². The van der Waals surface area contributed by atoms with Crippen molar-refractivity contribution in [1.29, 1.82) is 0 Å². The standard InChI is InChI=1S/C29H29NO8/c1-15-24(31)19-14-10-13-18(26(19)38-25(15)17-11-8-7-9-12-17)21-20(27(32)34-3)16(2)30-23(29(36-5)37-6)22(21)28(33)35-4/h7-14,20-21,29H,1-6H3. The predicted molar refractivity (Wildman–Crippen MR) is 141 cm³/mol. The number of para-hydroxylation sites is 1. The SMILES string of the molecule is COC(=O)C1=C(C(OC)OC)N=C(C)C(C(=O)OC)C1c1cccc2c(=O)c(C)c(-c3ccccc3)oc12. The zero-order chi connectivity index (χ0) is 27.6. The Hall–Kier alpha value is -4.08. The minimum absolute atomic E-state index is 0.0409. The molecule has 9 heteroatoms.